The number of nitrogens with zero attached hydrogens (tertiary/aromatic N) is 1. The Morgan fingerprint density at radius 1 is 1.00 bits per heavy atom. The van der Waals surface area contributed by atoms with Gasteiger partial charge in [-0.3, -0.25) is 4.79 Å². The van der Waals surface area contributed by atoms with E-state index >= 15 is 0 Å². The number of hydrogen-bond donors (Lipinski definition) is 1. The third-order valence-electron chi connectivity index (χ3n) is 4.11. The fourth-order valence-corrected chi connectivity index (χ4v) is 3.62. The number of rotatable bonds is 9. The standard InChI is InChI=1S/C24H24N2O2S/c1-2-8-19-13-15-21(16-14-19)28-18-24(27)26-25-17-20-9-6-7-12-23(20)29-22-10-4-3-5-11-22/h3-7,9-17H,2,8,18H2,1H3,(H,26,27). The van der Waals surface area contributed by atoms with Crippen LogP contribution in [0.5, 0.6) is 5.75 Å². The summed E-state index contributed by atoms with van der Waals surface area (Å²) in [6.45, 7) is 2.07. The predicted octanol–water partition coefficient (Wildman–Crippen LogP) is 5.32. The summed E-state index contributed by atoms with van der Waals surface area (Å²) in [7, 11) is 0. The van der Waals surface area contributed by atoms with E-state index in [2.05, 4.69) is 29.6 Å². The van der Waals surface area contributed by atoms with Gasteiger partial charge in [0.25, 0.3) is 5.91 Å². The first kappa shape index (κ1) is 20.7. The number of hydrogen-bond acceptors (Lipinski definition) is 4. The van der Waals surface area contributed by atoms with Gasteiger partial charge in [0.1, 0.15) is 5.75 Å². The number of aryl methyl sites for hydroxylation is 1. The van der Waals surface area contributed by atoms with Crippen molar-refractivity contribution in [2.45, 2.75) is 29.6 Å². The Morgan fingerprint density at radius 3 is 2.48 bits per heavy atom. The van der Waals surface area contributed by atoms with E-state index in [9.17, 15) is 4.79 Å². The van der Waals surface area contributed by atoms with Crippen LogP contribution in [0.4, 0.5) is 0 Å². The molecule has 0 radical (unpaired) electrons. The number of benzene rings is 3. The normalized spacial score (nSPS) is 10.8. The fourth-order valence-electron chi connectivity index (χ4n) is 2.69. The summed E-state index contributed by atoms with van der Waals surface area (Å²) >= 11 is 1.66. The third kappa shape index (κ3) is 6.80. The number of amides is 1. The minimum Gasteiger partial charge on any atom is -0.484 e. The minimum absolute atomic E-state index is 0.0785. The van der Waals surface area contributed by atoms with Gasteiger partial charge >= 0.3 is 0 Å². The summed E-state index contributed by atoms with van der Waals surface area (Å²) in [5.74, 6) is 0.376. The topological polar surface area (TPSA) is 50.7 Å². The Balaban J connectivity index is 1.51. The molecule has 0 heterocycles. The van der Waals surface area contributed by atoms with Crippen molar-refractivity contribution in [3.05, 3.63) is 90.0 Å². The van der Waals surface area contributed by atoms with Crippen LogP contribution in [-0.4, -0.2) is 18.7 Å². The Bertz CT molecular complexity index is 941. The molecule has 1 N–H and O–H groups in total. The van der Waals surface area contributed by atoms with Crippen LogP contribution in [-0.2, 0) is 11.2 Å². The molecule has 3 aromatic rings. The van der Waals surface area contributed by atoms with Crippen molar-refractivity contribution in [2.24, 2.45) is 5.10 Å². The van der Waals surface area contributed by atoms with Crippen LogP contribution in [0.15, 0.2) is 93.8 Å². The molecule has 3 rings (SSSR count). The van der Waals surface area contributed by atoms with Gasteiger partial charge < -0.3 is 4.74 Å². The molecule has 3 aromatic carbocycles. The highest BCUT2D eigenvalue weighted by Gasteiger charge is 2.04. The molecule has 0 aromatic heterocycles. The van der Waals surface area contributed by atoms with Crippen molar-refractivity contribution in [3.8, 4) is 5.75 Å². The van der Waals surface area contributed by atoms with E-state index in [1.807, 2.05) is 66.7 Å². The molecule has 1 amide bonds. The molecule has 0 spiro atoms. The van der Waals surface area contributed by atoms with Gasteiger partial charge in [-0.15, -0.1) is 0 Å². The number of nitrogens with one attached hydrogen (secondary N) is 1. The zero-order valence-electron chi connectivity index (χ0n) is 16.4. The lowest BCUT2D eigenvalue weighted by molar-refractivity contribution is -0.123. The van der Waals surface area contributed by atoms with Crippen molar-refractivity contribution < 1.29 is 9.53 Å². The second-order valence-electron chi connectivity index (χ2n) is 6.43. The molecule has 0 aliphatic heterocycles. The molecule has 0 bridgehead atoms. The molecule has 0 fully saturated rings. The van der Waals surface area contributed by atoms with Gasteiger partial charge in [0.15, 0.2) is 6.61 Å². The van der Waals surface area contributed by atoms with Crippen LogP contribution < -0.4 is 10.2 Å². The lowest BCUT2D eigenvalue weighted by Gasteiger charge is -2.07. The maximum atomic E-state index is 12.0. The third-order valence-corrected chi connectivity index (χ3v) is 5.21. The van der Waals surface area contributed by atoms with E-state index in [4.69, 9.17) is 4.74 Å². The van der Waals surface area contributed by atoms with Gasteiger partial charge in [-0.1, -0.05) is 73.6 Å². The van der Waals surface area contributed by atoms with Crippen LogP contribution in [0, 0.1) is 0 Å². The number of carbonyl (C=O) groups is 1. The van der Waals surface area contributed by atoms with Gasteiger partial charge in [0.05, 0.1) is 6.21 Å². The molecule has 0 atom stereocenters. The Morgan fingerprint density at radius 2 is 1.72 bits per heavy atom. The zero-order chi connectivity index (χ0) is 20.3. The number of ether oxygens (including phenoxy) is 1. The van der Waals surface area contributed by atoms with Crippen molar-refractivity contribution >= 4 is 23.9 Å². The lowest BCUT2D eigenvalue weighted by atomic mass is 10.1. The van der Waals surface area contributed by atoms with E-state index in [1.54, 1.807) is 18.0 Å². The number of hydrazone groups is 1. The van der Waals surface area contributed by atoms with E-state index in [0.29, 0.717) is 5.75 Å². The highest BCUT2D eigenvalue weighted by Crippen LogP contribution is 2.29. The van der Waals surface area contributed by atoms with Gasteiger partial charge in [-0.25, -0.2) is 5.43 Å². The second kappa shape index (κ2) is 11.1. The summed E-state index contributed by atoms with van der Waals surface area (Å²) in [5.41, 5.74) is 4.72. The summed E-state index contributed by atoms with van der Waals surface area (Å²) in [4.78, 5) is 14.2. The zero-order valence-corrected chi connectivity index (χ0v) is 17.2. The average molecular weight is 405 g/mol. The molecule has 5 heteroatoms. The second-order valence-corrected chi connectivity index (χ2v) is 7.54. The lowest BCUT2D eigenvalue weighted by Crippen LogP contribution is -2.24. The maximum absolute atomic E-state index is 12.0. The van der Waals surface area contributed by atoms with E-state index in [1.165, 1.54) is 5.56 Å². The number of carbonyl (C=O) groups excluding carboxylic acids is 1. The molecule has 29 heavy (non-hydrogen) atoms. The molecule has 0 aliphatic rings. The van der Waals surface area contributed by atoms with Crippen LogP contribution in [0.3, 0.4) is 0 Å². The van der Waals surface area contributed by atoms with Crippen molar-refractivity contribution in [2.75, 3.05) is 6.61 Å². The Hall–Kier alpha value is -3.05. The van der Waals surface area contributed by atoms with Crippen molar-refractivity contribution in [1.82, 2.24) is 5.43 Å². The predicted molar refractivity (Wildman–Crippen MR) is 119 cm³/mol. The molecule has 0 unspecified atom stereocenters. The van der Waals surface area contributed by atoms with Crippen LogP contribution in [0.1, 0.15) is 24.5 Å². The Labute approximate surface area is 176 Å². The van der Waals surface area contributed by atoms with Gasteiger partial charge in [-0.2, -0.15) is 5.10 Å². The maximum Gasteiger partial charge on any atom is 0.277 e. The van der Waals surface area contributed by atoms with Gasteiger partial charge in [-0.05, 0) is 42.3 Å². The summed E-state index contributed by atoms with van der Waals surface area (Å²) in [6.07, 6.45) is 3.80. The monoisotopic (exact) mass is 404 g/mol. The highest BCUT2D eigenvalue weighted by molar-refractivity contribution is 7.99. The summed E-state index contributed by atoms with van der Waals surface area (Å²) in [6, 6.07) is 25.9. The average Bonchev–Trinajstić information content (AvgIpc) is 2.75. The highest BCUT2D eigenvalue weighted by atomic mass is 32.2. The largest absolute Gasteiger partial charge is 0.484 e. The molecule has 0 saturated carbocycles. The van der Waals surface area contributed by atoms with E-state index < -0.39 is 0 Å². The van der Waals surface area contributed by atoms with Gasteiger partial charge in [0.2, 0.25) is 0 Å². The molecule has 0 saturated heterocycles. The van der Waals surface area contributed by atoms with E-state index in [0.717, 1.165) is 28.2 Å². The molecule has 0 aliphatic carbocycles. The molecular formula is C24H24N2O2S. The van der Waals surface area contributed by atoms with E-state index in [-0.39, 0.29) is 12.5 Å². The van der Waals surface area contributed by atoms with Crippen LogP contribution in [0.25, 0.3) is 0 Å². The first-order valence-electron chi connectivity index (χ1n) is 9.60. The summed E-state index contributed by atoms with van der Waals surface area (Å²) < 4.78 is 5.52. The fraction of sp³-hybridized carbons (Fsp3) is 0.167. The molecular weight excluding hydrogens is 380 g/mol. The molecule has 148 valence electrons. The SMILES string of the molecule is CCCc1ccc(OCC(=O)NN=Cc2ccccc2Sc2ccccc2)cc1. The quantitative estimate of drug-likeness (QED) is 0.388. The Kier molecular flexibility index (Phi) is 7.90. The summed E-state index contributed by atoms with van der Waals surface area (Å²) in [5, 5.41) is 4.08. The van der Waals surface area contributed by atoms with Crippen molar-refractivity contribution in [3.63, 3.8) is 0 Å². The first-order valence-corrected chi connectivity index (χ1v) is 10.4. The van der Waals surface area contributed by atoms with Crippen LogP contribution >= 0.6 is 11.8 Å². The smallest absolute Gasteiger partial charge is 0.277 e. The molecule has 4 nitrogen and oxygen atoms in total. The van der Waals surface area contributed by atoms with Crippen molar-refractivity contribution in [1.29, 1.82) is 0 Å². The van der Waals surface area contributed by atoms with Crippen LogP contribution in [0.2, 0.25) is 0 Å². The van der Waals surface area contributed by atoms with Gasteiger partial charge in [0, 0.05) is 15.4 Å². The first-order chi connectivity index (χ1) is 14.2. The minimum atomic E-state index is -0.299.